The van der Waals surface area contributed by atoms with Gasteiger partial charge < -0.3 is 0 Å². The molecule has 0 aromatic heterocycles. The van der Waals surface area contributed by atoms with Gasteiger partial charge in [-0.15, -0.1) is 0 Å². The minimum Gasteiger partial charge on any atom is -0.0843 e. The van der Waals surface area contributed by atoms with Gasteiger partial charge in [0, 0.05) is 5.02 Å². The first-order chi connectivity index (χ1) is 15.8. The molecule has 32 heavy (non-hydrogen) atoms. The Labute approximate surface area is 192 Å². The first kappa shape index (κ1) is 18.0. The molecule has 0 aliphatic heterocycles. The minimum absolute atomic E-state index is 0.354. The molecule has 0 saturated carbocycles. The summed E-state index contributed by atoms with van der Waals surface area (Å²) in [5.41, 5.74) is 12.6. The van der Waals surface area contributed by atoms with Crippen LogP contribution in [0.1, 0.15) is 22.3 Å². The largest absolute Gasteiger partial charge is 0.0843 e. The number of rotatable bonds is 1. The van der Waals surface area contributed by atoms with Gasteiger partial charge in [-0.25, -0.2) is 0 Å². The zero-order chi connectivity index (χ0) is 21.3. The van der Waals surface area contributed by atoms with Gasteiger partial charge in [0.25, 0.3) is 0 Å². The number of fused-ring (bicyclic) bond motifs is 10. The highest BCUT2D eigenvalue weighted by Crippen LogP contribution is 2.63. The molecule has 150 valence electrons. The van der Waals surface area contributed by atoms with Crippen LogP contribution in [0.15, 0.2) is 115 Å². The third-order valence-corrected chi connectivity index (χ3v) is 7.39. The summed E-state index contributed by atoms with van der Waals surface area (Å²) in [6, 6.07) is 41.7. The predicted molar refractivity (Wildman–Crippen MR) is 133 cm³/mol. The van der Waals surface area contributed by atoms with Crippen LogP contribution >= 0.6 is 11.6 Å². The van der Waals surface area contributed by atoms with Crippen LogP contribution in [-0.2, 0) is 5.41 Å². The van der Waals surface area contributed by atoms with Gasteiger partial charge in [-0.2, -0.15) is 0 Å². The Balaban J connectivity index is 1.65. The van der Waals surface area contributed by atoms with E-state index >= 15 is 0 Å². The summed E-state index contributed by atoms with van der Waals surface area (Å²) in [5, 5.41) is 0.779. The predicted octanol–water partition coefficient (Wildman–Crippen LogP) is 8.35. The van der Waals surface area contributed by atoms with Crippen molar-refractivity contribution in [1.29, 1.82) is 0 Å². The van der Waals surface area contributed by atoms with Crippen molar-refractivity contribution in [3.05, 3.63) is 143 Å². The molecule has 0 fully saturated rings. The first-order valence-electron chi connectivity index (χ1n) is 11.0. The van der Waals surface area contributed by atoms with E-state index in [-0.39, 0.29) is 5.41 Å². The Bertz CT molecular complexity index is 1520. The van der Waals surface area contributed by atoms with Crippen LogP contribution in [0, 0.1) is 0 Å². The van der Waals surface area contributed by atoms with E-state index < -0.39 is 0 Å². The summed E-state index contributed by atoms with van der Waals surface area (Å²) in [4.78, 5) is 0. The number of hydrogen-bond donors (Lipinski definition) is 0. The molecule has 0 heterocycles. The maximum Gasteiger partial charge on any atom is 0.0726 e. The average molecular weight is 427 g/mol. The maximum atomic E-state index is 6.61. The van der Waals surface area contributed by atoms with Crippen molar-refractivity contribution in [2.24, 2.45) is 0 Å². The first-order valence-corrected chi connectivity index (χ1v) is 11.4. The summed E-state index contributed by atoms with van der Waals surface area (Å²) in [7, 11) is 0. The second-order valence-corrected chi connectivity index (χ2v) is 9.09. The molecule has 1 spiro atoms. The van der Waals surface area contributed by atoms with Crippen LogP contribution in [0.2, 0.25) is 5.02 Å². The third kappa shape index (κ3) is 2.18. The number of benzene rings is 5. The summed E-state index contributed by atoms with van der Waals surface area (Å²) in [6.45, 7) is 0. The highest BCUT2D eigenvalue weighted by atomic mass is 35.5. The van der Waals surface area contributed by atoms with Crippen molar-refractivity contribution in [2.45, 2.75) is 5.41 Å². The van der Waals surface area contributed by atoms with Gasteiger partial charge in [-0.3, -0.25) is 0 Å². The molecule has 1 unspecified atom stereocenters. The molecule has 7 rings (SSSR count). The molecule has 1 atom stereocenters. The van der Waals surface area contributed by atoms with Crippen LogP contribution in [0.25, 0.3) is 33.4 Å². The lowest BCUT2D eigenvalue weighted by Crippen LogP contribution is -2.25. The van der Waals surface area contributed by atoms with Gasteiger partial charge >= 0.3 is 0 Å². The summed E-state index contributed by atoms with van der Waals surface area (Å²) >= 11 is 6.61. The number of hydrogen-bond acceptors (Lipinski definition) is 0. The van der Waals surface area contributed by atoms with Crippen LogP contribution in [0.3, 0.4) is 0 Å². The molecule has 2 aliphatic rings. The van der Waals surface area contributed by atoms with E-state index in [1.54, 1.807) is 0 Å². The Hall–Kier alpha value is -3.61. The molecule has 5 aromatic carbocycles. The fourth-order valence-corrected chi connectivity index (χ4v) is 6.09. The van der Waals surface area contributed by atoms with Crippen LogP contribution in [0.4, 0.5) is 0 Å². The van der Waals surface area contributed by atoms with Crippen molar-refractivity contribution in [3.63, 3.8) is 0 Å². The van der Waals surface area contributed by atoms with Crippen molar-refractivity contribution in [3.8, 4) is 33.4 Å². The molecular formula is C31H19Cl. The zero-order valence-electron chi connectivity index (χ0n) is 17.3. The highest BCUT2D eigenvalue weighted by Gasteiger charge is 2.51. The molecule has 5 aromatic rings. The third-order valence-electron chi connectivity index (χ3n) is 7.16. The Morgan fingerprint density at radius 2 is 0.938 bits per heavy atom. The molecule has 0 bridgehead atoms. The van der Waals surface area contributed by atoms with E-state index in [1.807, 2.05) is 6.07 Å². The van der Waals surface area contributed by atoms with Gasteiger partial charge in [0.2, 0.25) is 0 Å². The standard InChI is InChI=1S/C31H19Cl/c32-22-15-17-26-24-11-5-7-13-28(24)31(30(26)19-22)27-12-6-4-10-23(27)25-16-14-21(18-29(25)31)20-8-2-1-3-9-20/h1-19H. The molecule has 0 radical (unpaired) electrons. The lowest BCUT2D eigenvalue weighted by Gasteiger charge is -2.30. The van der Waals surface area contributed by atoms with E-state index in [4.69, 9.17) is 11.6 Å². The van der Waals surface area contributed by atoms with Crippen molar-refractivity contribution in [1.82, 2.24) is 0 Å². The normalized spacial score (nSPS) is 17.0. The molecule has 0 nitrogen and oxygen atoms in total. The Morgan fingerprint density at radius 3 is 1.62 bits per heavy atom. The minimum atomic E-state index is -0.354. The lowest BCUT2D eigenvalue weighted by molar-refractivity contribution is 0.794. The van der Waals surface area contributed by atoms with Crippen LogP contribution in [0.5, 0.6) is 0 Å². The van der Waals surface area contributed by atoms with Gasteiger partial charge in [-0.05, 0) is 73.8 Å². The maximum absolute atomic E-state index is 6.61. The monoisotopic (exact) mass is 426 g/mol. The SMILES string of the molecule is Clc1ccc2c(c1)C1(c3ccccc3-2)c2ccccc2-c2ccc(-c3ccccc3)cc21. The highest BCUT2D eigenvalue weighted by molar-refractivity contribution is 6.30. The van der Waals surface area contributed by atoms with Crippen molar-refractivity contribution in [2.75, 3.05) is 0 Å². The second-order valence-electron chi connectivity index (χ2n) is 8.66. The second kappa shape index (κ2) is 6.45. The van der Waals surface area contributed by atoms with E-state index in [0.717, 1.165) is 5.02 Å². The van der Waals surface area contributed by atoms with Gasteiger partial charge in [-0.1, -0.05) is 109 Å². The van der Waals surface area contributed by atoms with Crippen molar-refractivity contribution < 1.29 is 0 Å². The molecule has 0 amide bonds. The van der Waals surface area contributed by atoms with E-state index in [1.165, 1.54) is 55.6 Å². The van der Waals surface area contributed by atoms with Crippen molar-refractivity contribution >= 4 is 11.6 Å². The quantitative estimate of drug-likeness (QED) is 0.247. The van der Waals surface area contributed by atoms with E-state index in [9.17, 15) is 0 Å². The Morgan fingerprint density at radius 1 is 0.406 bits per heavy atom. The van der Waals surface area contributed by atoms with E-state index in [2.05, 4.69) is 109 Å². The molecule has 2 aliphatic carbocycles. The zero-order valence-corrected chi connectivity index (χ0v) is 18.1. The Kier molecular flexibility index (Phi) is 3.63. The summed E-state index contributed by atoms with van der Waals surface area (Å²) in [6.07, 6.45) is 0. The van der Waals surface area contributed by atoms with Gasteiger partial charge in [0.05, 0.1) is 5.41 Å². The fraction of sp³-hybridized carbons (Fsp3) is 0.0323. The van der Waals surface area contributed by atoms with Gasteiger partial charge in [0.15, 0.2) is 0 Å². The van der Waals surface area contributed by atoms with Crippen LogP contribution in [-0.4, -0.2) is 0 Å². The molecule has 0 N–H and O–H groups in total. The molecule has 0 saturated heterocycles. The topological polar surface area (TPSA) is 0 Å². The molecule has 1 heteroatoms. The van der Waals surface area contributed by atoms with Gasteiger partial charge in [0.1, 0.15) is 0 Å². The lowest BCUT2D eigenvalue weighted by atomic mass is 9.70. The molecular weight excluding hydrogens is 408 g/mol. The van der Waals surface area contributed by atoms with Crippen LogP contribution < -0.4 is 0 Å². The van der Waals surface area contributed by atoms with E-state index in [0.29, 0.717) is 0 Å². The summed E-state index contributed by atoms with van der Waals surface area (Å²) in [5.74, 6) is 0. The average Bonchev–Trinajstić information content (AvgIpc) is 3.31. The smallest absolute Gasteiger partial charge is 0.0726 e. The number of halogens is 1. The fourth-order valence-electron chi connectivity index (χ4n) is 5.92. The summed E-state index contributed by atoms with van der Waals surface area (Å²) < 4.78 is 0.